The Labute approximate surface area is 169 Å². The van der Waals surface area contributed by atoms with E-state index in [-0.39, 0.29) is 17.3 Å². The summed E-state index contributed by atoms with van der Waals surface area (Å²) in [5.74, 6) is 0.0199. The molecule has 0 saturated heterocycles. The van der Waals surface area contributed by atoms with E-state index < -0.39 is 4.92 Å². The van der Waals surface area contributed by atoms with Crippen LogP contribution in [0.5, 0.6) is 0 Å². The summed E-state index contributed by atoms with van der Waals surface area (Å²) in [6.45, 7) is 1.80. The van der Waals surface area contributed by atoms with Crippen molar-refractivity contribution in [1.82, 2.24) is 9.97 Å². The van der Waals surface area contributed by atoms with E-state index in [1.54, 1.807) is 43.3 Å². The Morgan fingerprint density at radius 1 is 1.00 bits per heavy atom. The minimum absolute atomic E-state index is 0.00415. The van der Waals surface area contributed by atoms with Crippen molar-refractivity contribution in [1.29, 1.82) is 0 Å². The van der Waals surface area contributed by atoms with Crippen LogP contribution in [0.2, 0.25) is 15.1 Å². The Morgan fingerprint density at radius 2 is 1.63 bits per heavy atom. The number of halogens is 3. The lowest BCUT2D eigenvalue weighted by molar-refractivity contribution is -0.383. The van der Waals surface area contributed by atoms with E-state index in [4.69, 9.17) is 34.8 Å². The molecule has 3 rings (SSSR count). The fourth-order valence-electron chi connectivity index (χ4n) is 2.37. The molecule has 2 N–H and O–H groups in total. The maximum absolute atomic E-state index is 11.7. The maximum atomic E-state index is 11.7. The van der Waals surface area contributed by atoms with Gasteiger partial charge in [-0.15, -0.1) is 0 Å². The Balaban J connectivity index is 2.02. The smallest absolute Gasteiger partial charge is 0.334 e. The van der Waals surface area contributed by atoms with Gasteiger partial charge < -0.3 is 10.6 Å². The first-order valence-corrected chi connectivity index (χ1v) is 8.73. The monoisotopic (exact) mass is 423 g/mol. The van der Waals surface area contributed by atoms with Crippen LogP contribution in [0, 0.1) is 17.0 Å². The van der Waals surface area contributed by atoms with Gasteiger partial charge in [0.15, 0.2) is 0 Å². The molecule has 138 valence electrons. The van der Waals surface area contributed by atoms with Gasteiger partial charge in [0.05, 0.1) is 4.92 Å². The summed E-state index contributed by atoms with van der Waals surface area (Å²) in [5, 5.41) is 18.8. The topological polar surface area (TPSA) is 93.0 Å². The number of rotatable bonds is 5. The van der Waals surface area contributed by atoms with Crippen molar-refractivity contribution in [2.45, 2.75) is 6.92 Å². The minimum Gasteiger partial charge on any atom is -0.334 e. The zero-order valence-corrected chi connectivity index (χ0v) is 16.1. The van der Waals surface area contributed by atoms with Crippen LogP contribution in [-0.4, -0.2) is 14.9 Å². The van der Waals surface area contributed by atoms with E-state index in [1.165, 1.54) is 6.33 Å². The number of nitrogens with one attached hydrogen (secondary N) is 2. The van der Waals surface area contributed by atoms with E-state index in [2.05, 4.69) is 20.6 Å². The van der Waals surface area contributed by atoms with Crippen molar-refractivity contribution in [3.05, 3.63) is 73.5 Å². The second-order valence-corrected chi connectivity index (χ2v) is 6.78. The zero-order valence-electron chi connectivity index (χ0n) is 13.8. The van der Waals surface area contributed by atoms with Crippen LogP contribution in [0.3, 0.4) is 0 Å². The van der Waals surface area contributed by atoms with Crippen LogP contribution < -0.4 is 10.6 Å². The summed E-state index contributed by atoms with van der Waals surface area (Å²) in [7, 11) is 0. The van der Waals surface area contributed by atoms with Gasteiger partial charge in [-0.05, 0) is 42.8 Å². The van der Waals surface area contributed by atoms with Crippen molar-refractivity contribution in [3.63, 3.8) is 0 Å². The molecule has 0 aliphatic heterocycles. The number of nitrogens with zero attached hydrogens (tertiary/aromatic N) is 3. The summed E-state index contributed by atoms with van der Waals surface area (Å²) in [6, 6.07) is 9.92. The lowest BCUT2D eigenvalue weighted by Gasteiger charge is -2.12. The van der Waals surface area contributed by atoms with Gasteiger partial charge in [-0.1, -0.05) is 40.9 Å². The highest BCUT2D eigenvalue weighted by Gasteiger charge is 2.24. The fourth-order valence-corrected chi connectivity index (χ4v) is 3.07. The van der Waals surface area contributed by atoms with Crippen LogP contribution >= 0.6 is 34.8 Å². The first-order valence-electron chi connectivity index (χ1n) is 7.60. The lowest BCUT2D eigenvalue weighted by Crippen LogP contribution is -2.06. The molecule has 0 spiro atoms. The largest absolute Gasteiger partial charge is 0.353 e. The predicted molar refractivity (Wildman–Crippen MR) is 108 cm³/mol. The van der Waals surface area contributed by atoms with Gasteiger partial charge in [0.1, 0.15) is 6.33 Å². The average molecular weight is 425 g/mol. The van der Waals surface area contributed by atoms with E-state index in [9.17, 15) is 10.1 Å². The van der Waals surface area contributed by atoms with Gasteiger partial charge in [0.2, 0.25) is 11.6 Å². The molecule has 1 heterocycles. The van der Waals surface area contributed by atoms with E-state index in [0.29, 0.717) is 26.4 Å². The molecule has 0 amide bonds. The van der Waals surface area contributed by atoms with Gasteiger partial charge in [0.25, 0.3) is 0 Å². The molecular formula is C17H12Cl3N5O2. The van der Waals surface area contributed by atoms with Crippen molar-refractivity contribution < 1.29 is 4.92 Å². The Kier molecular flexibility index (Phi) is 5.65. The van der Waals surface area contributed by atoms with Gasteiger partial charge in [-0.25, -0.2) is 9.97 Å². The summed E-state index contributed by atoms with van der Waals surface area (Å²) in [5.41, 5.74) is 1.47. The third-order valence-electron chi connectivity index (χ3n) is 3.65. The van der Waals surface area contributed by atoms with Crippen LogP contribution in [0.4, 0.5) is 28.7 Å². The van der Waals surface area contributed by atoms with Crippen molar-refractivity contribution in [3.8, 4) is 0 Å². The highest BCUT2D eigenvalue weighted by atomic mass is 35.5. The molecule has 2 aromatic carbocycles. The Hall–Kier alpha value is -2.61. The molecule has 0 aliphatic rings. The summed E-state index contributed by atoms with van der Waals surface area (Å²) >= 11 is 18.1. The molecule has 1 aromatic heterocycles. The number of nitro groups is 1. The second kappa shape index (κ2) is 7.96. The van der Waals surface area contributed by atoms with E-state index in [0.717, 1.165) is 5.56 Å². The molecule has 7 nitrogen and oxygen atoms in total. The normalized spacial score (nSPS) is 10.5. The summed E-state index contributed by atoms with van der Waals surface area (Å²) in [4.78, 5) is 19.1. The van der Waals surface area contributed by atoms with Gasteiger partial charge in [-0.3, -0.25) is 10.1 Å². The van der Waals surface area contributed by atoms with Crippen LogP contribution in [0.15, 0.2) is 42.7 Å². The number of hydrogen-bond acceptors (Lipinski definition) is 6. The third kappa shape index (κ3) is 4.39. The quantitative estimate of drug-likeness (QED) is 0.377. The van der Waals surface area contributed by atoms with Crippen molar-refractivity contribution >= 4 is 63.5 Å². The molecule has 0 aliphatic carbocycles. The number of aromatic nitrogens is 2. The van der Waals surface area contributed by atoms with Crippen LogP contribution in [0.1, 0.15) is 5.56 Å². The Morgan fingerprint density at radius 3 is 2.26 bits per heavy atom. The first kappa shape index (κ1) is 19.2. The molecule has 0 saturated carbocycles. The van der Waals surface area contributed by atoms with E-state index >= 15 is 0 Å². The van der Waals surface area contributed by atoms with Crippen molar-refractivity contribution in [2.24, 2.45) is 0 Å². The SMILES string of the molecule is Cc1c(Cl)cccc1Nc1ncnc(Nc2cc(Cl)cc(Cl)c2)c1[N+](=O)[O-]. The van der Waals surface area contributed by atoms with Crippen LogP contribution in [0.25, 0.3) is 0 Å². The molecule has 0 fully saturated rings. The molecule has 0 radical (unpaired) electrons. The molecule has 0 bridgehead atoms. The number of anilines is 4. The highest BCUT2D eigenvalue weighted by Crippen LogP contribution is 2.35. The molecule has 0 unspecified atom stereocenters. The molecule has 3 aromatic rings. The van der Waals surface area contributed by atoms with Crippen LogP contribution in [-0.2, 0) is 0 Å². The fraction of sp³-hybridized carbons (Fsp3) is 0.0588. The molecule has 10 heteroatoms. The van der Waals surface area contributed by atoms with Crippen molar-refractivity contribution in [2.75, 3.05) is 10.6 Å². The highest BCUT2D eigenvalue weighted by molar-refractivity contribution is 6.35. The Bertz CT molecular complexity index is 1010. The summed E-state index contributed by atoms with van der Waals surface area (Å²) < 4.78 is 0. The summed E-state index contributed by atoms with van der Waals surface area (Å²) in [6.07, 6.45) is 1.21. The first-order chi connectivity index (χ1) is 12.8. The van der Waals surface area contributed by atoms with Gasteiger partial charge in [0, 0.05) is 26.4 Å². The van der Waals surface area contributed by atoms with Gasteiger partial charge in [-0.2, -0.15) is 0 Å². The third-order valence-corrected chi connectivity index (χ3v) is 4.50. The zero-order chi connectivity index (χ0) is 19.6. The lowest BCUT2D eigenvalue weighted by atomic mass is 10.2. The standard InChI is InChI=1S/C17H12Cl3N5O2/c1-9-13(20)3-2-4-14(9)24-17-15(25(26)27)16(21-8-22-17)23-12-6-10(18)5-11(19)7-12/h2-8H,1H3,(H2,21,22,23,24). The molecule has 27 heavy (non-hydrogen) atoms. The molecular weight excluding hydrogens is 413 g/mol. The van der Waals surface area contributed by atoms with E-state index in [1.807, 2.05) is 0 Å². The minimum atomic E-state index is -0.573. The maximum Gasteiger partial charge on any atom is 0.353 e. The average Bonchev–Trinajstić information content (AvgIpc) is 2.58. The number of benzene rings is 2. The predicted octanol–water partition coefficient (Wildman–Crippen LogP) is 6.14. The number of hydrogen-bond donors (Lipinski definition) is 2. The molecule has 0 atom stereocenters. The second-order valence-electron chi connectivity index (χ2n) is 5.50. The van der Waals surface area contributed by atoms with Gasteiger partial charge >= 0.3 is 5.69 Å².